The van der Waals surface area contributed by atoms with E-state index in [1.807, 2.05) is 0 Å². The lowest BCUT2D eigenvalue weighted by molar-refractivity contribution is 0.000414. The lowest BCUT2D eigenvalue weighted by atomic mass is 10.2. The van der Waals surface area contributed by atoms with Crippen LogP contribution in [0.5, 0.6) is 0 Å². The van der Waals surface area contributed by atoms with Gasteiger partial charge in [0, 0.05) is 38.8 Å². The number of nitrogens with one attached hydrogen (secondary N) is 1. The molecule has 0 aromatic heterocycles. The molecule has 17 heavy (non-hydrogen) atoms. The first-order valence-electron chi connectivity index (χ1n) is 7.02. The minimum absolute atomic E-state index is 0.577. The quantitative estimate of drug-likeness (QED) is 0.633. The van der Waals surface area contributed by atoms with Gasteiger partial charge in [-0.25, -0.2) is 0 Å². The van der Waals surface area contributed by atoms with E-state index in [4.69, 9.17) is 4.74 Å². The SMILES string of the molecule is CCN(CC)CCNCCN1CCOCC1C. The predicted molar refractivity (Wildman–Crippen MR) is 72.5 cm³/mol. The molecule has 1 aliphatic rings. The zero-order valence-electron chi connectivity index (χ0n) is 11.7. The van der Waals surface area contributed by atoms with Crippen LogP contribution in [0.2, 0.25) is 0 Å². The molecular weight excluding hydrogens is 214 g/mol. The van der Waals surface area contributed by atoms with Crippen molar-refractivity contribution in [3.63, 3.8) is 0 Å². The molecule has 1 unspecified atom stereocenters. The summed E-state index contributed by atoms with van der Waals surface area (Å²) in [5, 5.41) is 3.53. The van der Waals surface area contributed by atoms with Gasteiger partial charge in [0.05, 0.1) is 13.2 Å². The van der Waals surface area contributed by atoms with Crippen LogP contribution in [0.25, 0.3) is 0 Å². The first-order valence-corrected chi connectivity index (χ1v) is 7.02. The van der Waals surface area contributed by atoms with Crippen LogP contribution in [-0.2, 0) is 4.74 Å². The van der Waals surface area contributed by atoms with Crippen molar-refractivity contribution in [1.29, 1.82) is 0 Å². The molecule has 0 spiro atoms. The van der Waals surface area contributed by atoms with E-state index in [0.717, 1.165) is 59.0 Å². The van der Waals surface area contributed by atoms with Gasteiger partial charge in [0.1, 0.15) is 0 Å². The topological polar surface area (TPSA) is 27.7 Å². The zero-order chi connectivity index (χ0) is 12.5. The van der Waals surface area contributed by atoms with E-state index in [1.165, 1.54) is 0 Å². The fraction of sp³-hybridized carbons (Fsp3) is 1.00. The van der Waals surface area contributed by atoms with Crippen LogP contribution >= 0.6 is 0 Å². The number of hydrogen-bond acceptors (Lipinski definition) is 4. The van der Waals surface area contributed by atoms with Gasteiger partial charge < -0.3 is 15.0 Å². The van der Waals surface area contributed by atoms with E-state index >= 15 is 0 Å². The van der Waals surface area contributed by atoms with Gasteiger partial charge in [-0.3, -0.25) is 4.90 Å². The summed E-state index contributed by atoms with van der Waals surface area (Å²) in [5.74, 6) is 0. The average molecular weight is 243 g/mol. The van der Waals surface area contributed by atoms with Crippen LogP contribution in [0.1, 0.15) is 20.8 Å². The van der Waals surface area contributed by atoms with E-state index < -0.39 is 0 Å². The van der Waals surface area contributed by atoms with Crippen LogP contribution in [0.4, 0.5) is 0 Å². The lowest BCUT2D eigenvalue weighted by Crippen LogP contribution is -2.46. The molecule has 1 aliphatic heterocycles. The van der Waals surface area contributed by atoms with Crippen molar-refractivity contribution in [2.45, 2.75) is 26.8 Å². The highest BCUT2D eigenvalue weighted by molar-refractivity contribution is 4.71. The summed E-state index contributed by atoms with van der Waals surface area (Å²) in [4.78, 5) is 4.96. The number of morpholine rings is 1. The van der Waals surface area contributed by atoms with Crippen LogP contribution in [-0.4, -0.2) is 74.9 Å². The highest BCUT2D eigenvalue weighted by Crippen LogP contribution is 2.04. The molecule has 0 bridgehead atoms. The molecule has 1 saturated heterocycles. The third-order valence-electron chi connectivity index (χ3n) is 3.58. The van der Waals surface area contributed by atoms with Gasteiger partial charge in [-0.1, -0.05) is 13.8 Å². The van der Waals surface area contributed by atoms with Gasteiger partial charge in [0.25, 0.3) is 0 Å². The van der Waals surface area contributed by atoms with Gasteiger partial charge >= 0.3 is 0 Å². The summed E-state index contributed by atoms with van der Waals surface area (Å²) in [7, 11) is 0. The summed E-state index contributed by atoms with van der Waals surface area (Å²) < 4.78 is 5.43. The second kappa shape index (κ2) is 8.86. The van der Waals surface area contributed by atoms with Crippen LogP contribution in [0, 0.1) is 0 Å². The third-order valence-corrected chi connectivity index (χ3v) is 3.58. The number of hydrogen-bond donors (Lipinski definition) is 1. The van der Waals surface area contributed by atoms with E-state index in [0.29, 0.717) is 6.04 Å². The molecule has 1 rings (SSSR count). The average Bonchev–Trinajstić information content (AvgIpc) is 2.36. The van der Waals surface area contributed by atoms with Crippen molar-refractivity contribution < 1.29 is 4.74 Å². The molecular formula is C13H29N3O. The Hall–Kier alpha value is -0.160. The van der Waals surface area contributed by atoms with Gasteiger partial charge in [0.2, 0.25) is 0 Å². The molecule has 0 amide bonds. The van der Waals surface area contributed by atoms with E-state index in [-0.39, 0.29) is 0 Å². The van der Waals surface area contributed by atoms with Crippen LogP contribution < -0.4 is 5.32 Å². The lowest BCUT2D eigenvalue weighted by Gasteiger charge is -2.33. The third kappa shape index (κ3) is 5.82. The van der Waals surface area contributed by atoms with Gasteiger partial charge in [0.15, 0.2) is 0 Å². The first-order chi connectivity index (χ1) is 8.27. The summed E-state index contributed by atoms with van der Waals surface area (Å²) in [6, 6.07) is 0.577. The van der Waals surface area contributed by atoms with Crippen molar-refractivity contribution in [3.8, 4) is 0 Å². The summed E-state index contributed by atoms with van der Waals surface area (Å²) in [6.07, 6.45) is 0. The number of ether oxygens (including phenoxy) is 1. The minimum Gasteiger partial charge on any atom is -0.379 e. The molecule has 0 radical (unpaired) electrons. The van der Waals surface area contributed by atoms with Gasteiger partial charge in [-0.2, -0.15) is 0 Å². The van der Waals surface area contributed by atoms with Crippen molar-refractivity contribution in [2.75, 3.05) is 59.0 Å². The normalized spacial score (nSPS) is 22.2. The Bertz CT molecular complexity index is 186. The maximum Gasteiger partial charge on any atom is 0.0619 e. The monoisotopic (exact) mass is 243 g/mol. The zero-order valence-corrected chi connectivity index (χ0v) is 11.7. The molecule has 4 heteroatoms. The molecule has 4 nitrogen and oxygen atoms in total. The number of nitrogens with zero attached hydrogens (tertiary/aromatic N) is 2. The molecule has 0 saturated carbocycles. The van der Waals surface area contributed by atoms with Crippen molar-refractivity contribution >= 4 is 0 Å². The molecule has 102 valence electrons. The highest BCUT2D eigenvalue weighted by Gasteiger charge is 2.17. The van der Waals surface area contributed by atoms with E-state index in [1.54, 1.807) is 0 Å². The Morgan fingerprint density at radius 3 is 2.71 bits per heavy atom. The maximum atomic E-state index is 5.43. The van der Waals surface area contributed by atoms with Crippen molar-refractivity contribution in [2.24, 2.45) is 0 Å². The Kier molecular flexibility index (Phi) is 7.77. The minimum atomic E-state index is 0.577. The molecule has 1 atom stereocenters. The second-order valence-electron chi connectivity index (χ2n) is 4.74. The standard InChI is InChI=1S/C13H29N3O/c1-4-15(5-2)8-6-14-7-9-16-10-11-17-12-13(16)3/h13-14H,4-12H2,1-3H3. The van der Waals surface area contributed by atoms with Crippen LogP contribution in [0.15, 0.2) is 0 Å². The second-order valence-corrected chi connectivity index (χ2v) is 4.74. The Morgan fingerprint density at radius 2 is 2.06 bits per heavy atom. The molecule has 1 heterocycles. The largest absolute Gasteiger partial charge is 0.379 e. The summed E-state index contributed by atoms with van der Waals surface area (Å²) in [5.41, 5.74) is 0. The fourth-order valence-electron chi connectivity index (χ4n) is 2.22. The smallest absolute Gasteiger partial charge is 0.0619 e. The van der Waals surface area contributed by atoms with Crippen molar-refractivity contribution in [3.05, 3.63) is 0 Å². The van der Waals surface area contributed by atoms with Crippen molar-refractivity contribution in [1.82, 2.24) is 15.1 Å². The number of rotatable bonds is 8. The summed E-state index contributed by atoms with van der Waals surface area (Å²) >= 11 is 0. The molecule has 0 aliphatic carbocycles. The Balaban J connectivity index is 1.99. The fourth-order valence-corrected chi connectivity index (χ4v) is 2.22. The van der Waals surface area contributed by atoms with E-state index in [2.05, 4.69) is 35.9 Å². The van der Waals surface area contributed by atoms with E-state index in [9.17, 15) is 0 Å². The predicted octanol–water partition coefficient (Wildman–Crippen LogP) is 0.639. The van der Waals surface area contributed by atoms with Gasteiger partial charge in [-0.15, -0.1) is 0 Å². The van der Waals surface area contributed by atoms with Crippen LogP contribution in [0.3, 0.4) is 0 Å². The van der Waals surface area contributed by atoms with Gasteiger partial charge in [-0.05, 0) is 20.0 Å². The molecule has 1 N–H and O–H groups in total. The Morgan fingerprint density at radius 1 is 1.29 bits per heavy atom. The number of likely N-dealkylation sites (N-methyl/N-ethyl adjacent to an activating group) is 1. The maximum absolute atomic E-state index is 5.43. The Labute approximate surface area is 106 Å². The molecule has 0 aromatic carbocycles. The molecule has 1 fully saturated rings. The molecule has 0 aromatic rings. The first kappa shape index (κ1) is 14.9. The summed E-state index contributed by atoms with van der Waals surface area (Å²) in [6.45, 7) is 16.3. The highest BCUT2D eigenvalue weighted by atomic mass is 16.5.